The third-order valence-electron chi connectivity index (χ3n) is 2.96. The molecular formula is C14H12O. The van der Waals surface area contributed by atoms with Gasteiger partial charge in [-0.3, -0.25) is 0 Å². The predicted octanol–water partition coefficient (Wildman–Crippen LogP) is 3.91. The zero-order valence-corrected chi connectivity index (χ0v) is 8.66. The number of hydrogen-bond acceptors (Lipinski definition) is 1. The van der Waals surface area contributed by atoms with E-state index in [1.807, 2.05) is 0 Å². The van der Waals surface area contributed by atoms with Gasteiger partial charge in [0.05, 0.1) is 6.26 Å². The van der Waals surface area contributed by atoms with Gasteiger partial charge in [-0.25, -0.2) is 0 Å². The first-order valence-electron chi connectivity index (χ1n) is 5.19. The Morgan fingerprint density at radius 2 is 1.93 bits per heavy atom. The van der Waals surface area contributed by atoms with E-state index < -0.39 is 0 Å². The summed E-state index contributed by atoms with van der Waals surface area (Å²) in [6.07, 6.45) is 4.99. The van der Waals surface area contributed by atoms with Gasteiger partial charge in [0.25, 0.3) is 0 Å². The summed E-state index contributed by atoms with van der Waals surface area (Å²) >= 11 is 0. The molecule has 0 saturated carbocycles. The van der Waals surface area contributed by atoms with Crippen LogP contribution in [-0.2, 0) is 6.42 Å². The van der Waals surface area contributed by atoms with Crippen LogP contribution in [0, 0.1) is 0 Å². The molecule has 0 atom stereocenters. The maximum Gasteiger partial charge on any atom is 0.137 e. The van der Waals surface area contributed by atoms with Crippen LogP contribution in [0.25, 0.3) is 16.7 Å². The number of allylic oxidation sites excluding steroid dienone is 2. The predicted molar refractivity (Wildman–Crippen MR) is 61.5 cm³/mol. The van der Waals surface area contributed by atoms with Crippen molar-refractivity contribution < 1.29 is 4.42 Å². The van der Waals surface area contributed by atoms with E-state index in [1.165, 1.54) is 22.3 Å². The standard InChI is InChI=1S/C14H12O/c1-10-6-7-11-4-2-3-5-12(11)13-8-9-15-14(10)13/h2-6,8-9H,7H2,1H3. The quantitative estimate of drug-likeness (QED) is 0.622. The van der Waals surface area contributed by atoms with E-state index in [-0.39, 0.29) is 0 Å². The number of hydrogen-bond donors (Lipinski definition) is 0. The minimum absolute atomic E-state index is 0.992. The van der Waals surface area contributed by atoms with Crippen LogP contribution in [0.4, 0.5) is 0 Å². The SMILES string of the molecule is CC1=CCc2ccccc2-c2ccoc21. The summed E-state index contributed by atoms with van der Waals surface area (Å²) in [6, 6.07) is 10.6. The van der Waals surface area contributed by atoms with Crippen LogP contribution < -0.4 is 0 Å². The Hall–Kier alpha value is -1.76. The van der Waals surface area contributed by atoms with Crippen LogP contribution >= 0.6 is 0 Å². The minimum atomic E-state index is 0.992. The van der Waals surface area contributed by atoms with E-state index in [1.54, 1.807) is 6.26 Å². The second-order valence-corrected chi connectivity index (χ2v) is 3.91. The Morgan fingerprint density at radius 1 is 1.07 bits per heavy atom. The molecular weight excluding hydrogens is 184 g/mol. The van der Waals surface area contributed by atoms with Gasteiger partial charge >= 0.3 is 0 Å². The lowest BCUT2D eigenvalue weighted by Crippen LogP contribution is -1.84. The number of benzene rings is 1. The Balaban J connectivity index is 2.33. The highest BCUT2D eigenvalue weighted by molar-refractivity contribution is 5.81. The highest BCUT2D eigenvalue weighted by atomic mass is 16.3. The Bertz CT molecular complexity index is 532. The third-order valence-corrected chi connectivity index (χ3v) is 2.96. The fraction of sp³-hybridized carbons (Fsp3) is 0.143. The number of furan rings is 1. The lowest BCUT2D eigenvalue weighted by molar-refractivity contribution is 0.553. The first kappa shape index (κ1) is 8.54. The van der Waals surface area contributed by atoms with Crippen molar-refractivity contribution in [2.24, 2.45) is 0 Å². The van der Waals surface area contributed by atoms with Crippen LogP contribution in [0.2, 0.25) is 0 Å². The molecule has 3 rings (SSSR count). The summed E-state index contributed by atoms with van der Waals surface area (Å²) in [6.45, 7) is 2.11. The van der Waals surface area contributed by atoms with Crippen LogP contribution in [0.1, 0.15) is 18.2 Å². The summed E-state index contributed by atoms with van der Waals surface area (Å²) in [5, 5.41) is 0. The van der Waals surface area contributed by atoms with Crippen molar-refractivity contribution in [2.45, 2.75) is 13.3 Å². The average Bonchev–Trinajstić information content (AvgIpc) is 2.71. The van der Waals surface area contributed by atoms with Crippen LogP contribution in [0.3, 0.4) is 0 Å². The van der Waals surface area contributed by atoms with E-state index in [0.717, 1.165) is 12.2 Å². The molecule has 1 nitrogen and oxygen atoms in total. The molecule has 0 unspecified atom stereocenters. The molecule has 74 valence electrons. The van der Waals surface area contributed by atoms with Gasteiger partial charge in [0.1, 0.15) is 5.76 Å². The molecule has 0 amide bonds. The van der Waals surface area contributed by atoms with Crippen LogP contribution in [-0.4, -0.2) is 0 Å². The maximum absolute atomic E-state index is 5.54. The van der Waals surface area contributed by atoms with Crippen molar-refractivity contribution >= 4 is 5.57 Å². The zero-order valence-electron chi connectivity index (χ0n) is 8.66. The maximum atomic E-state index is 5.54. The summed E-state index contributed by atoms with van der Waals surface area (Å²) in [5.41, 5.74) is 5.12. The lowest BCUT2D eigenvalue weighted by Gasteiger charge is -2.03. The van der Waals surface area contributed by atoms with Gasteiger partial charge in [0, 0.05) is 5.56 Å². The van der Waals surface area contributed by atoms with Crippen molar-refractivity contribution in [1.82, 2.24) is 0 Å². The molecule has 1 aromatic carbocycles. The molecule has 1 aliphatic rings. The molecule has 1 aromatic heterocycles. The normalized spacial score (nSPS) is 13.8. The molecule has 1 aliphatic carbocycles. The smallest absolute Gasteiger partial charge is 0.137 e. The number of fused-ring (bicyclic) bond motifs is 3. The van der Waals surface area contributed by atoms with Crippen molar-refractivity contribution in [1.29, 1.82) is 0 Å². The first-order chi connectivity index (χ1) is 7.36. The molecule has 0 spiro atoms. The van der Waals surface area contributed by atoms with Gasteiger partial charge in [-0.05, 0) is 36.1 Å². The monoisotopic (exact) mass is 196 g/mol. The Labute approximate surface area is 89.0 Å². The van der Waals surface area contributed by atoms with E-state index in [2.05, 4.69) is 43.3 Å². The second kappa shape index (κ2) is 3.13. The number of rotatable bonds is 0. The van der Waals surface area contributed by atoms with E-state index in [4.69, 9.17) is 4.42 Å². The molecule has 0 N–H and O–H groups in total. The third kappa shape index (κ3) is 1.23. The van der Waals surface area contributed by atoms with Gasteiger partial charge in [-0.2, -0.15) is 0 Å². The molecule has 2 aromatic rings. The van der Waals surface area contributed by atoms with Gasteiger partial charge in [-0.1, -0.05) is 30.3 Å². The van der Waals surface area contributed by atoms with Gasteiger partial charge in [0.2, 0.25) is 0 Å². The van der Waals surface area contributed by atoms with Crippen molar-refractivity contribution in [3.8, 4) is 11.1 Å². The van der Waals surface area contributed by atoms with Gasteiger partial charge < -0.3 is 4.42 Å². The average molecular weight is 196 g/mol. The van der Waals surface area contributed by atoms with Crippen LogP contribution in [0.15, 0.2) is 47.1 Å². The molecule has 0 fully saturated rings. The summed E-state index contributed by atoms with van der Waals surface area (Å²) in [5.74, 6) is 1.01. The molecule has 15 heavy (non-hydrogen) atoms. The fourth-order valence-corrected chi connectivity index (χ4v) is 2.14. The highest BCUT2D eigenvalue weighted by Gasteiger charge is 2.15. The summed E-state index contributed by atoms with van der Waals surface area (Å²) < 4.78 is 5.54. The molecule has 1 heteroatoms. The topological polar surface area (TPSA) is 13.1 Å². The van der Waals surface area contributed by atoms with Crippen molar-refractivity contribution in [2.75, 3.05) is 0 Å². The van der Waals surface area contributed by atoms with Crippen molar-refractivity contribution in [3.63, 3.8) is 0 Å². The highest BCUT2D eigenvalue weighted by Crippen LogP contribution is 2.35. The molecule has 1 heterocycles. The van der Waals surface area contributed by atoms with Crippen molar-refractivity contribution in [3.05, 3.63) is 54.0 Å². The summed E-state index contributed by atoms with van der Waals surface area (Å²) in [4.78, 5) is 0. The summed E-state index contributed by atoms with van der Waals surface area (Å²) in [7, 11) is 0. The van der Waals surface area contributed by atoms with E-state index in [9.17, 15) is 0 Å². The Kier molecular flexibility index (Phi) is 1.78. The minimum Gasteiger partial charge on any atom is -0.464 e. The van der Waals surface area contributed by atoms with E-state index >= 15 is 0 Å². The van der Waals surface area contributed by atoms with Crippen LogP contribution in [0.5, 0.6) is 0 Å². The lowest BCUT2D eigenvalue weighted by atomic mass is 10.00. The Morgan fingerprint density at radius 3 is 2.87 bits per heavy atom. The zero-order chi connectivity index (χ0) is 10.3. The molecule has 0 radical (unpaired) electrons. The largest absolute Gasteiger partial charge is 0.464 e. The molecule has 0 aliphatic heterocycles. The first-order valence-corrected chi connectivity index (χ1v) is 5.19. The second-order valence-electron chi connectivity index (χ2n) is 3.91. The fourth-order valence-electron chi connectivity index (χ4n) is 2.14. The van der Waals surface area contributed by atoms with Gasteiger partial charge in [0.15, 0.2) is 0 Å². The molecule has 0 saturated heterocycles. The van der Waals surface area contributed by atoms with Gasteiger partial charge in [-0.15, -0.1) is 0 Å². The van der Waals surface area contributed by atoms with E-state index in [0.29, 0.717) is 0 Å². The molecule has 0 bridgehead atoms.